The van der Waals surface area contributed by atoms with Crippen molar-refractivity contribution in [3.05, 3.63) is 53.9 Å². The minimum Gasteiger partial charge on any atom is -0.487 e. The van der Waals surface area contributed by atoms with Crippen molar-refractivity contribution in [1.82, 2.24) is 20.3 Å². The predicted molar refractivity (Wildman–Crippen MR) is 161 cm³/mol. The van der Waals surface area contributed by atoms with E-state index in [9.17, 15) is 27.9 Å². The Morgan fingerprint density at radius 1 is 1.23 bits per heavy atom. The molecule has 0 aliphatic carbocycles. The van der Waals surface area contributed by atoms with Gasteiger partial charge in [-0.3, -0.25) is 14.1 Å². The molecule has 0 saturated carbocycles. The maximum atomic E-state index is 13.2. The Labute approximate surface area is 271 Å². The van der Waals surface area contributed by atoms with Crippen LogP contribution in [0, 0.1) is 0 Å². The molecule has 0 radical (unpaired) electrons. The Morgan fingerprint density at radius 3 is 2.51 bits per heavy atom. The van der Waals surface area contributed by atoms with Gasteiger partial charge in [0.2, 0.25) is 5.88 Å². The van der Waals surface area contributed by atoms with Crippen molar-refractivity contribution < 1.29 is 55.6 Å². The van der Waals surface area contributed by atoms with E-state index >= 15 is 0 Å². The van der Waals surface area contributed by atoms with Gasteiger partial charge in [-0.1, -0.05) is 5.16 Å². The molecular weight excluding hydrogens is 664 g/mol. The summed E-state index contributed by atoms with van der Waals surface area (Å²) in [7, 11) is -5.02. The lowest BCUT2D eigenvalue weighted by molar-refractivity contribution is -0.697. The number of carboxylic acid groups (broad SMARTS) is 1. The molecule has 2 amide bonds. The van der Waals surface area contributed by atoms with Crippen LogP contribution < -0.4 is 30.8 Å². The summed E-state index contributed by atoms with van der Waals surface area (Å²) in [5.41, 5.74) is 9.13. The molecule has 4 rings (SSSR count). The summed E-state index contributed by atoms with van der Waals surface area (Å²) < 4.78 is 48.5. The third-order valence-electron chi connectivity index (χ3n) is 6.46. The van der Waals surface area contributed by atoms with Crippen LogP contribution in [0.15, 0.2) is 53.4 Å². The second-order valence-electron chi connectivity index (χ2n) is 10.3. The van der Waals surface area contributed by atoms with Crippen LogP contribution >= 0.6 is 11.3 Å². The number of hydrogen-bond acceptors (Lipinski definition) is 15. The molecule has 21 heteroatoms. The summed E-state index contributed by atoms with van der Waals surface area (Å²) in [4.78, 5) is 50.8. The molecule has 1 fully saturated rings. The third-order valence-corrected chi connectivity index (χ3v) is 7.47. The number of nitrogen functional groups attached to an aromatic ring is 1. The Hall–Kier alpha value is -4.96. The number of hydroxylamine groups is 2. The molecule has 3 aromatic heterocycles. The van der Waals surface area contributed by atoms with Crippen molar-refractivity contribution >= 4 is 50.4 Å². The Balaban J connectivity index is 1.40. The molecule has 47 heavy (non-hydrogen) atoms. The molecule has 19 nitrogen and oxygen atoms in total. The molecule has 0 bridgehead atoms. The third kappa shape index (κ3) is 9.07. The number of rotatable bonds is 16. The fraction of sp³-hybridized carbons (Fsp3) is 0.346. The molecule has 2 atom stereocenters. The second kappa shape index (κ2) is 14.6. The lowest BCUT2D eigenvalue weighted by Crippen LogP contribution is -2.76. The van der Waals surface area contributed by atoms with Gasteiger partial charge >= 0.3 is 16.4 Å². The standard InChI is InChI=1S/C26H30N8O11S2/c1-26(2)21(23(36)34(26)45-47(39,40)41)31-22(35)20(17-14-46-25(28)30-17)32-44-18(24(37)38)13-42-16-4-5-19(29-12-16)43-15-6-10-33(11-7-15)9-3-8-27/h4-7,10-12,14,18,21H,3,8-9,13,27H2,1-2H3,(H4-,28,30,31,35,37,38,39,40,41)/p+1. The van der Waals surface area contributed by atoms with Crippen molar-refractivity contribution in [2.24, 2.45) is 10.9 Å². The largest absolute Gasteiger partial charge is 0.487 e. The number of aromatic nitrogens is 3. The number of ether oxygens (including phenoxy) is 2. The van der Waals surface area contributed by atoms with E-state index in [0.717, 1.165) is 24.3 Å². The quantitative estimate of drug-likeness (QED) is 0.0421. The number of anilines is 1. The first-order chi connectivity index (χ1) is 22.2. The SMILES string of the molecule is CC1(C)C(NC(=O)C(=NOC(COc2ccc(Oc3cc[n+](CCCN)cc3)nc2)C(=O)O)c2csc(N)n2)C(=O)N1OS(=O)(=O)O. The van der Waals surface area contributed by atoms with Crippen molar-refractivity contribution in [2.75, 3.05) is 18.9 Å². The first kappa shape index (κ1) is 34.9. The van der Waals surface area contributed by atoms with Gasteiger partial charge in [0.25, 0.3) is 17.9 Å². The number of thiazole rings is 1. The molecule has 7 N–H and O–H groups in total. The summed E-state index contributed by atoms with van der Waals surface area (Å²) >= 11 is 0.946. The topological polar surface area (TPSA) is 272 Å². The minimum absolute atomic E-state index is 0.0461. The fourth-order valence-electron chi connectivity index (χ4n) is 4.02. The number of nitrogens with zero attached hydrogens (tertiary/aromatic N) is 5. The zero-order valence-electron chi connectivity index (χ0n) is 24.9. The van der Waals surface area contributed by atoms with Crippen molar-refractivity contribution in [1.29, 1.82) is 0 Å². The molecule has 1 saturated heterocycles. The maximum Gasteiger partial charge on any atom is 0.418 e. The van der Waals surface area contributed by atoms with E-state index in [-0.39, 0.29) is 22.5 Å². The highest BCUT2D eigenvalue weighted by atomic mass is 32.3. The van der Waals surface area contributed by atoms with Gasteiger partial charge < -0.3 is 36.2 Å². The monoisotopic (exact) mass is 695 g/mol. The van der Waals surface area contributed by atoms with E-state index in [1.165, 1.54) is 37.6 Å². The van der Waals surface area contributed by atoms with E-state index in [2.05, 4.69) is 24.7 Å². The number of carbonyl (C=O) groups is 3. The average Bonchev–Trinajstić information content (AvgIpc) is 3.45. The summed E-state index contributed by atoms with van der Waals surface area (Å²) in [6, 6.07) is 5.21. The number of nitrogens with two attached hydrogens (primary N) is 2. The number of aliphatic carboxylic acids is 1. The number of nitrogens with one attached hydrogen (secondary N) is 1. The van der Waals surface area contributed by atoms with Gasteiger partial charge in [-0.15, -0.1) is 15.6 Å². The number of aryl methyl sites for hydroxylation is 1. The molecule has 1 aliphatic rings. The number of carboxylic acids is 1. The number of carbonyl (C=O) groups excluding carboxylic acids is 2. The van der Waals surface area contributed by atoms with E-state index < -0.39 is 58.2 Å². The van der Waals surface area contributed by atoms with Crippen LogP contribution in [0.2, 0.25) is 0 Å². The van der Waals surface area contributed by atoms with Gasteiger partial charge in [-0.2, -0.15) is 13.5 Å². The van der Waals surface area contributed by atoms with Gasteiger partial charge in [0.15, 0.2) is 23.2 Å². The highest BCUT2D eigenvalue weighted by Gasteiger charge is 2.58. The number of amides is 2. The molecular formula is C26H31N8O11S2+. The zero-order valence-corrected chi connectivity index (χ0v) is 26.5. The summed E-state index contributed by atoms with van der Waals surface area (Å²) in [6.07, 6.45) is 4.12. The van der Waals surface area contributed by atoms with Gasteiger partial charge in [0.1, 0.15) is 36.4 Å². The van der Waals surface area contributed by atoms with Gasteiger partial charge in [-0.05, 0) is 26.5 Å². The first-order valence-corrected chi connectivity index (χ1v) is 15.9. The van der Waals surface area contributed by atoms with E-state index in [4.69, 9.17) is 30.3 Å². The van der Waals surface area contributed by atoms with Gasteiger partial charge in [0.05, 0.1) is 11.7 Å². The molecule has 0 spiro atoms. The lowest BCUT2D eigenvalue weighted by atomic mass is 9.84. The maximum absolute atomic E-state index is 13.2. The van der Waals surface area contributed by atoms with Crippen LogP contribution in [-0.4, -0.2) is 87.4 Å². The summed E-state index contributed by atoms with van der Waals surface area (Å²) in [5.74, 6) is -2.55. The number of β-lactam (4-membered cyclic amide) rings is 1. The van der Waals surface area contributed by atoms with Crippen molar-refractivity contribution in [3.8, 4) is 17.4 Å². The number of hydrogen-bond donors (Lipinski definition) is 5. The van der Waals surface area contributed by atoms with Crippen LogP contribution in [0.1, 0.15) is 26.0 Å². The van der Waals surface area contributed by atoms with Crippen LogP contribution in [0.5, 0.6) is 17.4 Å². The molecule has 1 aliphatic heterocycles. The lowest BCUT2D eigenvalue weighted by Gasteiger charge is -2.50. The Bertz CT molecular complexity index is 1730. The van der Waals surface area contributed by atoms with Crippen LogP contribution in [0.25, 0.3) is 0 Å². The number of pyridine rings is 2. The molecule has 4 heterocycles. The van der Waals surface area contributed by atoms with E-state index in [0.29, 0.717) is 17.4 Å². The van der Waals surface area contributed by atoms with Crippen LogP contribution in [0.4, 0.5) is 5.13 Å². The van der Waals surface area contributed by atoms with Gasteiger partial charge in [0, 0.05) is 30.0 Å². The van der Waals surface area contributed by atoms with Crippen molar-refractivity contribution in [2.45, 2.75) is 44.5 Å². The Morgan fingerprint density at radius 2 is 1.96 bits per heavy atom. The molecule has 0 aromatic carbocycles. The summed E-state index contributed by atoms with van der Waals surface area (Å²) in [5, 5.41) is 17.5. The van der Waals surface area contributed by atoms with Crippen LogP contribution in [0.3, 0.4) is 0 Å². The molecule has 252 valence electrons. The highest BCUT2D eigenvalue weighted by molar-refractivity contribution is 7.80. The minimum atomic E-state index is -5.02. The zero-order chi connectivity index (χ0) is 34.4. The van der Waals surface area contributed by atoms with Crippen LogP contribution in [-0.2, 0) is 40.4 Å². The smallest absolute Gasteiger partial charge is 0.418 e. The van der Waals surface area contributed by atoms with Gasteiger partial charge in [-0.25, -0.2) is 19.3 Å². The average molecular weight is 696 g/mol. The van der Waals surface area contributed by atoms with E-state index in [1.807, 2.05) is 17.0 Å². The number of oxime groups is 1. The fourth-order valence-corrected chi connectivity index (χ4v) is 5.02. The highest BCUT2D eigenvalue weighted by Crippen LogP contribution is 2.33. The summed E-state index contributed by atoms with van der Waals surface area (Å²) in [6.45, 7) is 3.50. The second-order valence-corrected chi connectivity index (χ2v) is 12.2. The van der Waals surface area contributed by atoms with E-state index in [1.54, 1.807) is 12.1 Å². The predicted octanol–water partition coefficient (Wildman–Crippen LogP) is -0.358. The molecule has 2 unspecified atom stereocenters. The first-order valence-electron chi connectivity index (χ1n) is 13.6. The van der Waals surface area contributed by atoms with Crippen molar-refractivity contribution in [3.63, 3.8) is 0 Å². The Kier molecular flexibility index (Phi) is 10.9. The normalized spacial score (nSPS) is 16.6. The molecule has 3 aromatic rings.